The van der Waals surface area contributed by atoms with Crippen molar-refractivity contribution in [3.05, 3.63) is 35.8 Å². The highest BCUT2D eigenvalue weighted by Crippen LogP contribution is 2.21. The summed E-state index contributed by atoms with van der Waals surface area (Å²) in [6.45, 7) is 0.898. The van der Waals surface area contributed by atoms with Crippen LogP contribution in [0.5, 0.6) is 0 Å². The largest absolute Gasteiger partial charge is 0.480 e. The van der Waals surface area contributed by atoms with Crippen LogP contribution in [-0.4, -0.2) is 59.1 Å². The van der Waals surface area contributed by atoms with Gasteiger partial charge >= 0.3 is 5.97 Å². The Balaban J connectivity index is 2.21. The van der Waals surface area contributed by atoms with E-state index in [1.54, 1.807) is 12.3 Å². The van der Waals surface area contributed by atoms with Crippen LogP contribution < -0.4 is 27.8 Å². The highest BCUT2D eigenvalue weighted by atomic mass is 19.1. The molecule has 0 saturated heterocycles. The first-order valence-corrected chi connectivity index (χ1v) is 11.5. The molecule has 0 radical (unpaired) electrons. The number of fused-ring (bicyclic) bond motifs is 1. The molecule has 1 aromatic carbocycles. The maximum atomic E-state index is 13.8. The van der Waals surface area contributed by atoms with Gasteiger partial charge in [0.2, 0.25) is 11.8 Å². The average molecular weight is 479 g/mol. The molecule has 0 bridgehead atoms. The van der Waals surface area contributed by atoms with E-state index < -0.39 is 41.7 Å². The second-order valence-electron chi connectivity index (χ2n) is 8.34. The molecular weight excluding hydrogens is 443 g/mol. The van der Waals surface area contributed by atoms with Gasteiger partial charge in [-0.15, -0.1) is 0 Å². The van der Waals surface area contributed by atoms with Crippen molar-refractivity contribution in [3.63, 3.8) is 0 Å². The molecule has 0 aliphatic rings. The van der Waals surface area contributed by atoms with E-state index in [2.05, 4.69) is 15.6 Å². The molecule has 0 spiro atoms. The Morgan fingerprint density at radius 2 is 1.62 bits per heavy atom. The third-order valence-corrected chi connectivity index (χ3v) is 5.65. The summed E-state index contributed by atoms with van der Waals surface area (Å²) >= 11 is 0. The number of carbonyl (C=O) groups is 3. The van der Waals surface area contributed by atoms with Gasteiger partial charge in [0.05, 0.1) is 6.04 Å². The smallest absolute Gasteiger partial charge is 0.326 e. The van der Waals surface area contributed by atoms with Gasteiger partial charge in [0, 0.05) is 23.5 Å². The lowest BCUT2D eigenvalue weighted by Gasteiger charge is -2.23. The van der Waals surface area contributed by atoms with Crippen molar-refractivity contribution >= 4 is 28.7 Å². The van der Waals surface area contributed by atoms with Crippen molar-refractivity contribution < 1.29 is 23.9 Å². The number of rotatable bonds is 15. The standard InChI is InChI=1S/C23H35FN6O4/c24-15-7-8-18-16(12-15)14(13-28-18)11-20(30-21(31)17(27)5-1-3-9-25)22(32)29-19(23(33)34)6-2-4-10-26/h7-8,12-13,17,19-20,28H,1-6,9-11,25-27H2,(H,29,32)(H,30,31)(H,33,34)/t17-,19-,20-/m0/s1. The molecule has 188 valence electrons. The number of H-pyrrole nitrogens is 1. The fraction of sp³-hybridized carbons (Fsp3) is 0.522. The summed E-state index contributed by atoms with van der Waals surface area (Å²) in [5.41, 5.74) is 18.2. The van der Waals surface area contributed by atoms with E-state index in [0.717, 1.165) is 6.42 Å². The Labute approximate surface area is 197 Å². The van der Waals surface area contributed by atoms with Crippen molar-refractivity contribution in [2.75, 3.05) is 13.1 Å². The summed E-state index contributed by atoms with van der Waals surface area (Å²) in [5.74, 6) is -2.80. The van der Waals surface area contributed by atoms with Crippen molar-refractivity contribution in [1.29, 1.82) is 0 Å². The highest BCUT2D eigenvalue weighted by Gasteiger charge is 2.28. The van der Waals surface area contributed by atoms with Gasteiger partial charge in [-0.25, -0.2) is 9.18 Å². The number of hydrogen-bond acceptors (Lipinski definition) is 6. The first-order chi connectivity index (χ1) is 16.3. The molecule has 0 aliphatic heterocycles. The minimum Gasteiger partial charge on any atom is -0.480 e. The van der Waals surface area contributed by atoms with Gasteiger partial charge in [0.1, 0.15) is 17.9 Å². The van der Waals surface area contributed by atoms with Gasteiger partial charge in [-0.05, 0) is 69.0 Å². The summed E-state index contributed by atoms with van der Waals surface area (Å²) in [6.07, 6.45) is 4.78. The van der Waals surface area contributed by atoms with E-state index in [4.69, 9.17) is 17.2 Å². The van der Waals surface area contributed by atoms with Crippen LogP contribution in [0.2, 0.25) is 0 Å². The number of aromatic nitrogens is 1. The molecule has 1 heterocycles. The van der Waals surface area contributed by atoms with E-state index >= 15 is 0 Å². The molecule has 3 atom stereocenters. The van der Waals surface area contributed by atoms with Gasteiger partial charge in [0.25, 0.3) is 0 Å². The molecule has 1 aromatic heterocycles. The molecule has 0 fully saturated rings. The number of aliphatic carboxylic acids is 1. The number of carbonyl (C=O) groups excluding carboxylic acids is 2. The first-order valence-electron chi connectivity index (χ1n) is 11.5. The maximum Gasteiger partial charge on any atom is 0.326 e. The topological polar surface area (TPSA) is 189 Å². The second-order valence-corrected chi connectivity index (χ2v) is 8.34. The molecule has 11 heteroatoms. The van der Waals surface area contributed by atoms with Crippen LogP contribution >= 0.6 is 0 Å². The van der Waals surface area contributed by atoms with Crippen LogP contribution in [-0.2, 0) is 20.8 Å². The minimum atomic E-state index is -1.18. The molecule has 2 aromatic rings. The zero-order valence-corrected chi connectivity index (χ0v) is 19.2. The number of benzene rings is 1. The fourth-order valence-corrected chi connectivity index (χ4v) is 3.69. The van der Waals surface area contributed by atoms with Crippen LogP contribution in [0, 0.1) is 5.82 Å². The van der Waals surface area contributed by atoms with Crippen molar-refractivity contribution in [2.24, 2.45) is 17.2 Å². The molecule has 0 saturated carbocycles. The second kappa shape index (κ2) is 13.6. The Kier molecular flexibility index (Phi) is 10.9. The van der Waals surface area contributed by atoms with Gasteiger partial charge < -0.3 is 37.9 Å². The van der Waals surface area contributed by atoms with Crippen molar-refractivity contribution in [3.8, 4) is 0 Å². The van der Waals surface area contributed by atoms with Crippen LogP contribution in [0.15, 0.2) is 24.4 Å². The number of amides is 2. The van der Waals surface area contributed by atoms with E-state index in [1.807, 2.05) is 0 Å². The number of carboxylic acids is 1. The quantitative estimate of drug-likeness (QED) is 0.181. The van der Waals surface area contributed by atoms with Crippen LogP contribution in [0.3, 0.4) is 0 Å². The molecule has 0 aliphatic carbocycles. The Morgan fingerprint density at radius 3 is 2.26 bits per heavy atom. The van der Waals surface area contributed by atoms with E-state index in [-0.39, 0.29) is 12.8 Å². The lowest BCUT2D eigenvalue weighted by atomic mass is 10.0. The monoisotopic (exact) mass is 478 g/mol. The number of halogens is 1. The zero-order chi connectivity index (χ0) is 25.1. The van der Waals surface area contributed by atoms with Gasteiger partial charge in [-0.1, -0.05) is 6.42 Å². The van der Waals surface area contributed by atoms with Crippen LogP contribution in [0.4, 0.5) is 4.39 Å². The summed E-state index contributed by atoms with van der Waals surface area (Å²) < 4.78 is 13.8. The maximum absolute atomic E-state index is 13.8. The Morgan fingerprint density at radius 1 is 0.971 bits per heavy atom. The van der Waals surface area contributed by atoms with Gasteiger partial charge in [0.15, 0.2) is 0 Å². The molecule has 2 amide bonds. The van der Waals surface area contributed by atoms with Gasteiger partial charge in [-0.2, -0.15) is 0 Å². The summed E-state index contributed by atoms with van der Waals surface area (Å²) in [6, 6.07) is 1.15. The highest BCUT2D eigenvalue weighted by molar-refractivity contribution is 5.93. The molecular formula is C23H35FN6O4. The molecule has 0 unspecified atom stereocenters. The molecule has 10 nitrogen and oxygen atoms in total. The number of nitrogens with one attached hydrogen (secondary N) is 3. The minimum absolute atomic E-state index is 0.0195. The summed E-state index contributed by atoms with van der Waals surface area (Å²) in [5, 5.41) is 15.2. The Bertz CT molecular complexity index is 966. The van der Waals surface area contributed by atoms with E-state index in [0.29, 0.717) is 55.2 Å². The first kappa shape index (κ1) is 27.2. The number of nitrogens with two attached hydrogens (primary N) is 3. The fourth-order valence-electron chi connectivity index (χ4n) is 3.69. The lowest BCUT2D eigenvalue weighted by molar-refractivity contribution is -0.142. The average Bonchev–Trinajstić information content (AvgIpc) is 3.19. The lowest BCUT2D eigenvalue weighted by Crippen LogP contribution is -2.55. The van der Waals surface area contributed by atoms with E-state index in [1.165, 1.54) is 12.1 Å². The zero-order valence-electron chi connectivity index (χ0n) is 19.2. The number of unbranched alkanes of at least 4 members (excludes halogenated alkanes) is 2. The predicted octanol–water partition coefficient (Wildman–Crippen LogP) is 0.489. The van der Waals surface area contributed by atoms with Crippen molar-refractivity contribution in [1.82, 2.24) is 15.6 Å². The SMILES string of the molecule is NCCCC[C@H](NC(=O)[C@H](Cc1c[nH]c2ccc(F)cc12)NC(=O)[C@@H](N)CCCCN)C(=O)O. The predicted molar refractivity (Wildman–Crippen MR) is 127 cm³/mol. The van der Waals surface area contributed by atoms with Crippen LogP contribution in [0.25, 0.3) is 10.9 Å². The van der Waals surface area contributed by atoms with Gasteiger partial charge in [-0.3, -0.25) is 9.59 Å². The summed E-state index contributed by atoms with van der Waals surface area (Å²) in [4.78, 5) is 40.4. The molecule has 10 N–H and O–H groups in total. The third kappa shape index (κ3) is 8.08. The molecule has 2 rings (SSSR count). The third-order valence-electron chi connectivity index (χ3n) is 5.65. The van der Waals surface area contributed by atoms with E-state index in [9.17, 15) is 23.9 Å². The number of hydrogen-bond donors (Lipinski definition) is 7. The summed E-state index contributed by atoms with van der Waals surface area (Å²) in [7, 11) is 0. The van der Waals surface area contributed by atoms with Crippen LogP contribution in [0.1, 0.15) is 44.1 Å². The van der Waals surface area contributed by atoms with Crippen molar-refractivity contribution in [2.45, 2.75) is 63.1 Å². The normalized spacial score (nSPS) is 13.9. The number of carboxylic acid groups (broad SMARTS) is 1. The Hall–Kier alpha value is -3.02. The molecule has 34 heavy (non-hydrogen) atoms. The number of aromatic amines is 1.